The van der Waals surface area contributed by atoms with E-state index in [2.05, 4.69) is 23.6 Å². The summed E-state index contributed by atoms with van der Waals surface area (Å²) in [6.07, 6.45) is 0. The molecule has 0 bridgehead atoms. The fraction of sp³-hybridized carbons (Fsp3) is 1.00. The average Bonchev–Trinajstić information content (AvgIpc) is 2.31. The van der Waals surface area contributed by atoms with Crippen LogP contribution in [0.2, 0.25) is 0 Å². The lowest BCUT2D eigenvalue weighted by Crippen LogP contribution is -2.59. The van der Waals surface area contributed by atoms with E-state index in [1.165, 1.54) is 19.6 Å². The van der Waals surface area contributed by atoms with Gasteiger partial charge in [-0.05, 0) is 13.8 Å². The largest absolute Gasteiger partial charge is 0.378 e. The van der Waals surface area contributed by atoms with Crippen molar-refractivity contribution in [2.24, 2.45) is 0 Å². The second-order valence-electron chi connectivity index (χ2n) is 4.35. The van der Waals surface area contributed by atoms with Crippen LogP contribution in [0, 0.1) is 0 Å². The summed E-state index contributed by atoms with van der Waals surface area (Å²) in [5, 5.41) is 0. The number of piperazine rings is 1. The summed E-state index contributed by atoms with van der Waals surface area (Å²) in [5.41, 5.74) is 0. The minimum absolute atomic E-state index is 0.657. The molecule has 3 nitrogen and oxygen atoms in total. The summed E-state index contributed by atoms with van der Waals surface area (Å²) in [6, 6.07) is 1.34. The zero-order chi connectivity index (χ0) is 11.3. The number of hydrogen-bond acceptors (Lipinski definition) is 3. The second kappa shape index (κ2) is 6.46. The lowest BCUT2D eigenvalue weighted by Gasteiger charge is -2.45. The molecule has 90 valence electrons. The molecule has 0 aliphatic carbocycles. The van der Waals surface area contributed by atoms with Gasteiger partial charge in [-0.2, -0.15) is 0 Å². The number of morpholine rings is 1. The molecule has 2 aliphatic heterocycles. The standard InChI is InChI=1S/C10H20N2O.C2H6/c1-9(2)12-4-3-11-5-6-13-8-10(11)7-12;1-2/h9-10H,3-8H2,1-2H3;1-2H3. The molecule has 2 rings (SSSR count). The van der Waals surface area contributed by atoms with Crippen LogP contribution in [0.25, 0.3) is 0 Å². The van der Waals surface area contributed by atoms with E-state index >= 15 is 0 Å². The molecule has 0 aromatic heterocycles. The van der Waals surface area contributed by atoms with Crippen LogP contribution in [0.1, 0.15) is 27.7 Å². The van der Waals surface area contributed by atoms with Gasteiger partial charge in [-0.3, -0.25) is 9.80 Å². The van der Waals surface area contributed by atoms with Gasteiger partial charge in [0, 0.05) is 38.3 Å². The molecular formula is C12H26N2O. The van der Waals surface area contributed by atoms with E-state index in [1.807, 2.05) is 13.8 Å². The highest BCUT2D eigenvalue weighted by molar-refractivity contribution is 4.85. The Morgan fingerprint density at radius 3 is 2.53 bits per heavy atom. The summed E-state index contributed by atoms with van der Waals surface area (Å²) < 4.78 is 5.50. The van der Waals surface area contributed by atoms with Gasteiger partial charge in [0.2, 0.25) is 0 Å². The molecule has 2 aliphatic rings. The molecule has 2 heterocycles. The van der Waals surface area contributed by atoms with E-state index in [4.69, 9.17) is 4.74 Å². The molecule has 0 saturated carbocycles. The Hall–Kier alpha value is -0.120. The molecule has 2 saturated heterocycles. The zero-order valence-electron chi connectivity index (χ0n) is 10.7. The normalized spacial score (nSPS) is 28.2. The van der Waals surface area contributed by atoms with Crippen LogP contribution in [0.5, 0.6) is 0 Å². The van der Waals surface area contributed by atoms with E-state index in [9.17, 15) is 0 Å². The first kappa shape index (κ1) is 12.9. The predicted molar refractivity (Wildman–Crippen MR) is 64.2 cm³/mol. The van der Waals surface area contributed by atoms with Gasteiger partial charge in [0.05, 0.1) is 13.2 Å². The van der Waals surface area contributed by atoms with Crippen molar-refractivity contribution in [1.82, 2.24) is 9.80 Å². The Morgan fingerprint density at radius 2 is 1.87 bits per heavy atom. The van der Waals surface area contributed by atoms with Gasteiger partial charge in [-0.25, -0.2) is 0 Å². The van der Waals surface area contributed by atoms with Gasteiger partial charge in [-0.15, -0.1) is 0 Å². The molecule has 3 heteroatoms. The highest BCUT2D eigenvalue weighted by Crippen LogP contribution is 2.15. The topological polar surface area (TPSA) is 15.7 Å². The first-order valence-electron chi connectivity index (χ1n) is 6.33. The lowest BCUT2D eigenvalue weighted by molar-refractivity contribution is -0.0501. The van der Waals surface area contributed by atoms with Crippen LogP contribution in [0.3, 0.4) is 0 Å². The Bertz CT molecular complexity index is 173. The van der Waals surface area contributed by atoms with Crippen molar-refractivity contribution in [3.63, 3.8) is 0 Å². The summed E-state index contributed by atoms with van der Waals surface area (Å²) in [5.74, 6) is 0. The van der Waals surface area contributed by atoms with Crippen molar-refractivity contribution in [2.45, 2.75) is 39.8 Å². The fourth-order valence-corrected chi connectivity index (χ4v) is 2.24. The van der Waals surface area contributed by atoms with Crippen molar-refractivity contribution in [3.8, 4) is 0 Å². The Morgan fingerprint density at radius 1 is 1.13 bits per heavy atom. The molecule has 0 amide bonds. The third-order valence-corrected chi connectivity index (χ3v) is 3.20. The Labute approximate surface area is 94.4 Å². The second-order valence-corrected chi connectivity index (χ2v) is 4.35. The van der Waals surface area contributed by atoms with Crippen LogP contribution in [0.4, 0.5) is 0 Å². The molecule has 1 unspecified atom stereocenters. The van der Waals surface area contributed by atoms with Crippen molar-refractivity contribution < 1.29 is 4.74 Å². The smallest absolute Gasteiger partial charge is 0.0634 e. The molecule has 0 radical (unpaired) electrons. The van der Waals surface area contributed by atoms with E-state index in [-0.39, 0.29) is 0 Å². The fourth-order valence-electron chi connectivity index (χ4n) is 2.24. The highest BCUT2D eigenvalue weighted by Gasteiger charge is 2.30. The monoisotopic (exact) mass is 214 g/mol. The van der Waals surface area contributed by atoms with Crippen LogP contribution in [-0.4, -0.2) is 61.3 Å². The first-order valence-corrected chi connectivity index (χ1v) is 6.33. The number of ether oxygens (including phenoxy) is 1. The molecule has 0 aromatic rings. The lowest BCUT2D eigenvalue weighted by atomic mass is 10.1. The molecular weight excluding hydrogens is 188 g/mol. The van der Waals surface area contributed by atoms with Gasteiger partial charge in [-0.1, -0.05) is 13.8 Å². The molecule has 0 aromatic carbocycles. The van der Waals surface area contributed by atoms with Gasteiger partial charge in [0.15, 0.2) is 0 Å². The van der Waals surface area contributed by atoms with Crippen molar-refractivity contribution in [3.05, 3.63) is 0 Å². The summed E-state index contributed by atoms with van der Waals surface area (Å²) >= 11 is 0. The van der Waals surface area contributed by atoms with Crippen LogP contribution in [0.15, 0.2) is 0 Å². The molecule has 0 spiro atoms. The number of hydrogen-bond donors (Lipinski definition) is 0. The third-order valence-electron chi connectivity index (χ3n) is 3.20. The summed E-state index contributed by atoms with van der Waals surface area (Å²) in [6.45, 7) is 15.2. The van der Waals surface area contributed by atoms with Gasteiger partial charge in [0.25, 0.3) is 0 Å². The predicted octanol–water partition coefficient (Wildman–Crippen LogP) is 1.44. The van der Waals surface area contributed by atoms with Crippen LogP contribution >= 0.6 is 0 Å². The minimum atomic E-state index is 0.657. The summed E-state index contributed by atoms with van der Waals surface area (Å²) in [7, 11) is 0. The van der Waals surface area contributed by atoms with E-state index < -0.39 is 0 Å². The quantitative estimate of drug-likeness (QED) is 0.657. The maximum atomic E-state index is 5.50. The Balaban J connectivity index is 0.000000531. The van der Waals surface area contributed by atoms with Gasteiger partial charge < -0.3 is 4.74 Å². The maximum Gasteiger partial charge on any atom is 0.0634 e. The number of fused-ring (bicyclic) bond motifs is 1. The van der Waals surface area contributed by atoms with Crippen molar-refractivity contribution in [2.75, 3.05) is 39.4 Å². The maximum absolute atomic E-state index is 5.50. The van der Waals surface area contributed by atoms with E-state index in [0.29, 0.717) is 12.1 Å². The van der Waals surface area contributed by atoms with E-state index in [0.717, 1.165) is 19.8 Å². The molecule has 2 fully saturated rings. The van der Waals surface area contributed by atoms with Crippen molar-refractivity contribution in [1.29, 1.82) is 0 Å². The highest BCUT2D eigenvalue weighted by atomic mass is 16.5. The number of rotatable bonds is 1. The number of nitrogens with zero attached hydrogens (tertiary/aromatic N) is 2. The summed E-state index contributed by atoms with van der Waals surface area (Å²) in [4.78, 5) is 5.12. The average molecular weight is 214 g/mol. The minimum Gasteiger partial charge on any atom is -0.378 e. The molecule has 15 heavy (non-hydrogen) atoms. The van der Waals surface area contributed by atoms with Crippen LogP contribution < -0.4 is 0 Å². The van der Waals surface area contributed by atoms with Crippen molar-refractivity contribution >= 4 is 0 Å². The van der Waals surface area contributed by atoms with E-state index in [1.54, 1.807) is 0 Å². The van der Waals surface area contributed by atoms with Gasteiger partial charge >= 0.3 is 0 Å². The Kier molecular flexibility index (Phi) is 5.58. The van der Waals surface area contributed by atoms with Crippen LogP contribution in [-0.2, 0) is 4.74 Å². The molecule has 0 N–H and O–H groups in total. The third kappa shape index (κ3) is 3.44. The molecule has 1 atom stereocenters. The SMILES string of the molecule is CC.CC(C)N1CCN2CCOCC2C1. The van der Waals surface area contributed by atoms with Gasteiger partial charge in [0.1, 0.15) is 0 Å². The zero-order valence-corrected chi connectivity index (χ0v) is 10.7. The first-order chi connectivity index (χ1) is 7.27.